The smallest absolute Gasteiger partial charge is 0.323 e. The Morgan fingerprint density at radius 2 is 2.05 bits per heavy atom. The molecular weight excluding hydrogens is 300 g/mol. The number of pyridine rings is 1. The molecule has 0 aliphatic heterocycles. The number of imidazole rings is 1. The molecule has 0 radical (unpaired) electrons. The fourth-order valence-corrected chi connectivity index (χ4v) is 2.81. The first-order chi connectivity index (χ1) is 10.6. The Balaban J connectivity index is 1.70. The normalized spacial score (nSPS) is 12.2. The maximum Gasteiger partial charge on any atom is 0.323 e. The molecule has 3 rings (SSSR count). The lowest BCUT2D eigenvalue weighted by Crippen LogP contribution is -2.22. The van der Waals surface area contributed by atoms with Gasteiger partial charge in [-0.25, -0.2) is 9.78 Å². The molecule has 1 aromatic carbocycles. The number of thioether (sulfide) groups is 1. The summed E-state index contributed by atoms with van der Waals surface area (Å²) in [7, 11) is 0. The summed E-state index contributed by atoms with van der Waals surface area (Å²) < 4.78 is 0. The van der Waals surface area contributed by atoms with Crippen LogP contribution in [0.3, 0.4) is 0 Å². The number of aromatic amines is 2. The summed E-state index contributed by atoms with van der Waals surface area (Å²) in [6, 6.07) is 10.8. The molecule has 0 aliphatic rings. The van der Waals surface area contributed by atoms with Gasteiger partial charge in [-0.2, -0.15) is 0 Å². The van der Waals surface area contributed by atoms with Crippen molar-refractivity contribution in [3.63, 3.8) is 0 Å². The van der Waals surface area contributed by atoms with Crippen molar-refractivity contribution in [3.05, 3.63) is 53.1 Å². The second-order valence-electron chi connectivity index (χ2n) is 4.76. The number of amides is 1. The Kier molecular flexibility index (Phi) is 3.97. The first kappa shape index (κ1) is 14.4. The van der Waals surface area contributed by atoms with Crippen molar-refractivity contribution in [2.45, 2.75) is 17.2 Å². The van der Waals surface area contributed by atoms with E-state index in [4.69, 9.17) is 0 Å². The minimum atomic E-state index is -0.282. The Morgan fingerprint density at radius 3 is 2.82 bits per heavy atom. The van der Waals surface area contributed by atoms with Crippen molar-refractivity contribution in [2.24, 2.45) is 0 Å². The molecule has 1 amide bonds. The van der Waals surface area contributed by atoms with Gasteiger partial charge in [-0.15, -0.1) is 0 Å². The van der Waals surface area contributed by atoms with E-state index in [1.807, 2.05) is 25.1 Å². The average molecular weight is 314 g/mol. The lowest BCUT2D eigenvalue weighted by atomic mass is 10.2. The van der Waals surface area contributed by atoms with E-state index in [0.717, 1.165) is 5.03 Å². The highest BCUT2D eigenvalue weighted by molar-refractivity contribution is 8.00. The van der Waals surface area contributed by atoms with Crippen LogP contribution < -0.4 is 11.0 Å². The third-order valence-electron chi connectivity index (χ3n) is 3.09. The van der Waals surface area contributed by atoms with Crippen LogP contribution in [0.1, 0.15) is 6.92 Å². The number of rotatable bonds is 4. The van der Waals surface area contributed by atoms with Crippen molar-refractivity contribution in [3.8, 4) is 0 Å². The van der Waals surface area contributed by atoms with Gasteiger partial charge in [0.25, 0.3) is 0 Å². The molecule has 2 heterocycles. The molecule has 112 valence electrons. The Labute approximate surface area is 130 Å². The van der Waals surface area contributed by atoms with Gasteiger partial charge in [-0.1, -0.05) is 17.8 Å². The summed E-state index contributed by atoms with van der Waals surface area (Å²) in [6.45, 7) is 1.82. The van der Waals surface area contributed by atoms with Gasteiger partial charge in [0.1, 0.15) is 0 Å². The van der Waals surface area contributed by atoms with Crippen LogP contribution in [0, 0.1) is 0 Å². The Morgan fingerprint density at radius 1 is 1.23 bits per heavy atom. The van der Waals surface area contributed by atoms with Crippen molar-refractivity contribution >= 4 is 34.4 Å². The third kappa shape index (κ3) is 3.20. The van der Waals surface area contributed by atoms with Crippen LogP contribution in [0.4, 0.5) is 5.69 Å². The highest BCUT2D eigenvalue weighted by Gasteiger charge is 2.15. The molecule has 0 spiro atoms. The fraction of sp³-hybridized carbons (Fsp3) is 0.133. The van der Waals surface area contributed by atoms with Crippen molar-refractivity contribution in [1.29, 1.82) is 0 Å². The van der Waals surface area contributed by atoms with E-state index in [2.05, 4.69) is 20.3 Å². The predicted molar refractivity (Wildman–Crippen MR) is 87.1 cm³/mol. The standard InChI is InChI=1S/C15H14N4O2S/c1-9(22-13-4-2-3-7-16-13)14(20)17-10-5-6-11-12(8-10)19-15(21)18-11/h2-9H,1H3,(H,17,20)(H2,18,19,21)/t9-/m1/s1. The number of fused-ring (bicyclic) bond motifs is 1. The highest BCUT2D eigenvalue weighted by Crippen LogP contribution is 2.22. The van der Waals surface area contributed by atoms with Crippen LogP contribution in [-0.4, -0.2) is 26.1 Å². The first-order valence-electron chi connectivity index (χ1n) is 6.72. The number of aromatic nitrogens is 3. The topological polar surface area (TPSA) is 90.6 Å². The molecular formula is C15H14N4O2S. The second kappa shape index (κ2) is 6.07. The Hall–Kier alpha value is -2.54. The summed E-state index contributed by atoms with van der Waals surface area (Å²) in [5, 5.41) is 3.36. The van der Waals surface area contributed by atoms with Gasteiger partial charge in [-0.05, 0) is 37.3 Å². The maximum absolute atomic E-state index is 12.2. The van der Waals surface area contributed by atoms with E-state index in [9.17, 15) is 9.59 Å². The Bertz CT molecular complexity index is 857. The lowest BCUT2D eigenvalue weighted by molar-refractivity contribution is -0.115. The van der Waals surface area contributed by atoms with Crippen molar-refractivity contribution in [2.75, 3.05) is 5.32 Å². The lowest BCUT2D eigenvalue weighted by Gasteiger charge is -2.11. The van der Waals surface area contributed by atoms with Crippen LogP contribution >= 0.6 is 11.8 Å². The summed E-state index contributed by atoms with van der Waals surface area (Å²) in [6.07, 6.45) is 1.70. The molecule has 7 heteroatoms. The monoisotopic (exact) mass is 314 g/mol. The molecule has 3 N–H and O–H groups in total. The predicted octanol–water partition coefficient (Wildman–Crippen LogP) is 2.37. The minimum Gasteiger partial charge on any atom is -0.325 e. The van der Waals surface area contributed by atoms with Crippen molar-refractivity contribution < 1.29 is 4.79 Å². The van der Waals surface area contributed by atoms with Gasteiger partial charge in [0.05, 0.1) is 21.3 Å². The number of nitrogens with one attached hydrogen (secondary N) is 3. The maximum atomic E-state index is 12.2. The molecule has 0 saturated carbocycles. The van der Waals surface area contributed by atoms with Gasteiger partial charge < -0.3 is 15.3 Å². The number of carbonyl (C=O) groups excluding carboxylic acids is 1. The summed E-state index contributed by atoms with van der Waals surface area (Å²) >= 11 is 1.39. The van der Waals surface area contributed by atoms with Gasteiger partial charge in [0, 0.05) is 11.9 Å². The largest absolute Gasteiger partial charge is 0.325 e. The van der Waals surface area contributed by atoms with Crippen LogP contribution in [0.25, 0.3) is 11.0 Å². The van der Waals surface area contributed by atoms with E-state index < -0.39 is 0 Å². The molecule has 0 bridgehead atoms. The zero-order valence-corrected chi connectivity index (χ0v) is 12.6. The van der Waals surface area contributed by atoms with E-state index >= 15 is 0 Å². The molecule has 1 atom stereocenters. The van der Waals surface area contributed by atoms with E-state index in [1.165, 1.54) is 11.8 Å². The molecule has 2 aromatic heterocycles. The van der Waals surface area contributed by atoms with Gasteiger partial charge in [-0.3, -0.25) is 4.79 Å². The number of H-pyrrole nitrogens is 2. The number of anilines is 1. The number of hydrogen-bond donors (Lipinski definition) is 3. The van der Waals surface area contributed by atoms with Gasteiger partial charge in [0.2, 0.25) is 5.91 Å². The van der Waals surface area contributed by atoms with E-state index in [1.54, 1.807) is 24.4 Å². The van der Waals surface area contributed by atoms with Crippen LogP contribution in [0.5, 0.6) is 0 Å². The third-order valence-corrected chi connectivity index (χ3v) is 4.14. The number of carbonyl (C=O) groups is 1. The molecule has 22 heavy (non-hydrogen) atoms. The molecule has 0 unspecified atom stereocenters. The SMILES string of the molecule is C[C@@H](Sc1ccccn1)C(=O)Nc1ccc2[nH]c(=O)[nH]c2c1. The van der Waals surface area contributed by atoms with E-state index in [-0.39, 0.29) is 16.8 Å². The molecule has 0 saturated heterocycles. The number of benzene rings is 1. The van der Waals surface area contributed by atoms with E-state index in [0.29, 0.717) is 16.7 Å². The van der Waals surface area contributed by atoms with Crippen LogP contribution in [0.15, 0.2) is 52.4 Å². The summed E-state index contributed by atoms with van der Waals surface area (Å²) in [5.41, 5.74) is 1.74. The second-order valence-corrected chi connectivity index (χ2v) is 6.12. The van der Waals surface area contributed by atoms with Crippen molar-refractivity contribution in [1.82, 2.24) is 15.0 Å². The first-order valence-corrected chi connectivity index (χ1v) is 7.60. The molecule has 6 nitrogen and oxygen atoms in total. The van der Waals surface area contributed by atoms with Gasteiger partial charge in [0.15, 0.2) is 0 Å². The van der Waals surface area contributed by atoms with Gasteiger partial charge >= 0.3 is 5.69 Å². The molecule has 0 fully saturated rings. The molecule has 0 aliphatic carbocycles. The average Bonchev–Trinajstić information content (AvgIpc) is 2.87. The fourth-order valence-electron chi connectivity index (χ4n) is 2.01. The number of nitrogens with zero attached hydrogens (tertiary/aromatic N) is 1. The quantitative estimate of drug-likeness (QED) is 0.645. The summed E-state index contributed by atoms with van der Waals surface area (Å²) in [5.74, 6) is -0.118. The minimum absolute atomic E-state index is 0.118. The number of hydrogen-bond acceptors (Lipinski definition) is 4. The molecule has 3 aromatic rings. The summed E-state index contributed by atoms with van der Waals surface area (Å²) in [4.78, 5) is 33.0. The van der Waals surface area contributed by atoms with Crippen LogP contribution in [0.2, 0.25) is 0 Å². The van der Waals surface area contributed by atoms with Crippen LogP contribution in [-0.2, 0) is 4.79 Å². The zero-order chi connectivity index (χ0) is 15.5. The zero-order valence-electron chi connectivity index (χ0n) is 11.8. The highest BCUT2D eigenvalue weighted by atomic mass is 32.2.